The van der Waals surface area contributed by atoms with Crippen LogP contribution in [-0.4, -0.2) is 37.9 Å². The van der Waals surface area contributed by atoms with Crippen LogP contribution in [-0.2, 0) is 4.79 Å². The van der Waals surface area contributed by atoms with Crippen molar-refractivity contribution in [3.8, 4) is 0 Å². The number of aldehydes is 1. The molecule has 1 atom stereocenters. The molecule has 1 unspecified atom stereocenters. The SMILES string of the molecule is C=CC=O.CNC1=CC(C(C)N)=CCN1C. The zero-order chi connectivity index (χ0) is 12.6. The zero-order valence-electron chi connectivity index (χ0n) is 10.2. The number of likely N-dealkylation sites (N-methyl/N-ethyl adjacent to an activating group) is 1. The highest BCUT2D eigenvalue weighted by molar-refractivity contribution is 5.63. The summed E-state index contributed by atoms with van der Waals surface area (Å²) in [7, 11) is 3.98. The van der Waals surface area contributed by atoms with Crippen LogP contribution in [0.3, 0.4) is 0 Å². The highest BCUT2D eigenvalue weighted by atomic mass is 16.1. The van der Waals surface area contributed by atoms with Gasteiger partial charge in [-0.3, -0.25) is 4.79 Å². The van der Waals surface area contributed by atoms with Crippen LogP contribution < -0.4 is 11.1 Å². The number of allylic oxidation sites excluding steroid dienone is 1. The fourth-order valence-electron chi connectivity index (χ4n) is 1.25. The normalized spacial score (nSPS) is 16.1. The second-order valence-electron chi connectivity index (χ2n) is 3.52. The number of hydrogen-bond donors (Lipinski definition) is 2. The predicted octanol–water partition coefficient (Wildman–Crippen LogP) is 0.638. The van der Waals surface area contributed by atoms with Crippen molar-refractivity contribution >= 4 is 6.29 Å². The molecule has 1 aliphatic heterocycles. The lowest BCUT2D eigenvalue weighted by molar-refractivity contribution is -0.104. The average molecular weight is 223 g/mol. The van der Waals surface area contributed by atoms with Gasteiger partial charge in [-0.1, -0.05) is 12.7 Å². The Morgan fingerprint density at radius 2 is 2.25 bits per heavy atom. The van der Waals surface area contributed by atoms with E-state index in [0.29, 0.717) is 6.29 Å². The first-order valence-electron chi connectivity index (χ1n) is 5.19. The van der Waals surface area contributed by atoms with Gasteiger partial charge >= 0.3 is 0 Å². The second kappa shape index (κ2) is 7.70. The Kier molecular flexibility index (Phi) is 6.96. The van der Waals surface area contributed by atoms with E-state index in [9.17, 15) is 0 Å². The molecule has 0 spiro atoms. The standard InChI is InChI=1S/C9H17N3.C3H4O/c1-7(10)8-4-5-12(3)9(6-8)11-2;1-2-3-4/h4,6-7,11H,5,10H2,1-3H3;2-3H,1H2. The minimum Gasteiger partial charge on any atom is -0.375 e. The molecule has 0 fully saturated rings. The lowest BCUT2D eigenvalue weighted by atomic mass is 10.1. The first kappa shape index (κ1) is 14.5. The van der Waals surface area contributed by atoms with Crippen LogP contribution in [0.4, 0.5) is 0 Å². The number of hydrogen-bond acceptors (Lipinski definition) is 4. The van der Waals surface area contributed by atoms with Crippen molar-refractivity contribution in [1.29, 1.82) is 0 Å². The molecule has 0 aromatic heterocycles. The van der Waals surface area contributed by atoms with Gasteiger partial charge in [0.1, 0.15) is 12.1 Å². The summed E-state index contributed by atoms with van der Waals surface area (Å²) in [4.78, 5) is 11.2. The molecule has 0 amide bonds. The Balaban J connectivity index is 0.000000487. The van der Waals surface area contributed by atoms with Crippen LogP contribution in [0.5, 0.6) is 0 Å². The number of nitrogens with two attached hydrogens (primary N) is 1. The topological polar surface area (TPSA) is 58.4 Å². The summed E-state index contributed by atoms with van der Waals surface area (Å²) < 4.78 is 0. The van der Waals surface area contributed by atoms with Crippen LogP contribution >= 0.6 is 0 Å². The molecule has 4 heteroatoms. The van der Waals surface area contributed by atoms with E-state index < -0.39 is 0 Å². The maximum absolute atomic E-state index is 9.06. The van der Waals surface area contributed by atoms with Gasteiger partial charge in [0.25, 0.3) is 0 Å². The molecular formula is C12H21N3O. The third-order valence-electron chi connectivity index (χ3n) is 2.19. The molecule has 3 N–H and O–H groups in total. The summed E-state index contributed by atoms with van der Waals surface area (Å²) in [6.45, 7) is 6.05. The summed E-state index contributed by atoms with van der Waals surface area (Å²) >= 11 is 0. The number of carbonyl (C=O) groups excluding carboxylic acids is 1. The molecule has 16 heavy (non-hydrogen) atoms. The van der Waals surface area contributed by atoms with Crippen molar-refractivity contribution in [2.24, 2.45) is 5.73 Å². The van der Waals surface area contributed by atoms with Gasteiger partial charge < -0.3 is 16.0 Å². The lowest BCUT2D eigenvalue weighted by Crippen LogP contribution is -2.31. The molecule has 0 saturated carbocycles. The van der Waals surface area contributed by atoms with Crippen molar-refractivity contribution in [1.82, 2.24) is 10.2 Å². The van der Waals surface area contributed by atoms with E-state index in [2.05, 4.69) is 36.0 Å². The van der Waals surface area contributed by atoms with E-state index >= 15 is 0 Å². The predicted molar refractivity (Wildman–Crippen MR) is 67.8 cm³/mol. The van der Waals surface area contributed by atoms with Gasteiger partial charge in [0.15, 0.2) is 0 Å². The molecular weight excluding hydrogens is 202 g/mol. The Labute approximate surface area is 97.5 Å². The van der Waals surface area contributed by atoms with Gasteiger partial charge in [0.2, 0.25) is 0 Å². The minimum absolute atomic E-state index is 0.127. The van der Waals surface area contributed by atoms with Crippen LogP contribution in [0.2, 0.25) is 0 Å². The number of carbonyl (C=O) groups is 1. The highest BCUT2D eigenvalue weighted by Crippen LogP contribution is 2.12. The van der Waals surface area contributed by atoms with Gasteiger partial charge in [0.05, 0.1) is 0 Å². The third kappa shape index (κ3) is 4.79. The van der Waals surface area contributed by atoms with E-state index in [1.165, 1.54) is 11.6 Å². The smallest absolute Gasteiger partial charge is 0.142 e. The summed E-state index contributed by atoms with van der Waals surface area (Å²) in [5.74, 6) is 1.13. The molecule has 0 aliphatic carbocycles. The number of nitrogens with one attached hydrogen (secondary N) is 1. The van der Waals surface area contributed by atoms with Gasteiger partial charge in [-0.2, -0.15) is 0 Å². The summed E-state index contributed by atoms with van der Waals surface area (Å²) in [5, 5.41) is 3.13. The maximum Gasteiger partial charge on any atom is 0.142 e. The van der Waals surface area contributed by atoms with Gasteiger partial charge in [0, 0.05) is 26.7 Å². The molecule has 1 aliphatic rings. The van der Waals surface area contributed by atoms with E-state index in [-0.39, 0.29) is 6.04 Å². The van der Waals surface area contributed by atoms with Crippen molar-refractivity contribution in [2.45, 2.75) is 13.0 Å². The second-order valence-corrected chi connectivity index (χ2v) is 3.52. The molecule has 0 bridgehead atoms. The van der Waals surface area contributed by atoms with Gasteiger partial charge in [-0.05, 0) is 24.6 Å². The third-order valence-corrected chi connectivity index (χ3v) is 2.19. The fourth-order valence-corrected chi connectivity index (χ4v) is 1.25. The summed E-state index contributed by atoms with van der Waals surface area (Å²) in [6, 6.07) is 0.127. The molecule has 0 radical (unpaired) electrons. The minimum atomic E-state index is 0.127. The molecule has 0 saturated heterocycles. The van der Waals surface area contributed by atoms with Crippen molar-refractivity contribution in [2.75, 3.05) is 20.6 Å². The number of nitrogens with zero attached hydrogens (tertiary/aromatic N) is 1. The lowest BCUT2D eigenvalue weighted by Gasteiger charge is -2.26. The maximum atomic E-state index is 9.06. The fraction of sp³-hybridized carbons (Fsp3) is 0.417. The zero-order valence-corrected chi connectivity index (χ0v) is 10.2. The van der Waals surface area contributed by atoms with Crippen molar-refractivity contribution < 1.29 is 4.79 Å². The Bertz CT molecular complexity index is 287. The molecule has 90 valence electrons. The molecule has 0 aromatic carbocycles. The number of rotatable bonds is 3. The van der Waals surface area contributed by atoms with Gasteiger partial charge in [-0.25, -0.2) is 0 Å². The molecule has 4 nitrogen and oxygen atoms in total. The van der Waals surface area contributed by atoms with Crippen molar-refractivity contribution in [3.05, 3.63) is 36.2 Å². The van der Waals surface area contributed by atoms with E-state index in [1.54, 1.807) is 0 Å². The average Bonchev–Trinajstić information content (AvgIpc) is 2.29. The van der Waals surface area contributed by atoms with Gasteiger partial charge in [-0.15, -0.1) is 0 Å². The monoisotopic (exact) mass is 223 g/mol. The highest BCUT2D eigenvalue weighted by Gasteiger charge is 2.10. The Morgan fingerprint density at radius 3 is 2.62 bits per heavy atom. The largest absolute Gasteiger partial charge is 0.375 e. The van der Waals surface area contributed by atoms with Crippen molar-refractivity contribution in [3.63, 3.8) is 0 Å². The first-order chi connectivity index (χ1) is 7.56. The van der Waals surface area contributed by atoms with Crippen LogP contribution in [0.15, 0.2) is 36.2 Å². The Morgan fingerprint density at radius 1 is 1.69 bits per heavy atom. The molecule has 1 rings (SSSR count). The Hall–Kier alpha value is -1.55. The summed E-state index contributed by atoms with van der Waals surface area (Å²) in [5.41, 5.74) is 6.98. The van der Waals surface area contributed by atoms with Crippen LogP contribution in [0, 0.1) is 0 Å². The molecule has 1 heterocycles. The van der Waals surface area contributed by atoms with E-state index in [4.69, 9.17) is 10.5 Å². The van der Waals surface area contributed by atoms with E-state index in [1.807, 2.05) is 14.0 Å². The van der Waals surface area contributed by atoms with E-state index in [0.717, 1.165) is 12.4 Å². The quantitative estimate of drug-likeness (QED) is 0.544. The van der Waals surface area contributed by atoms with Crippen LogP contribution in [0.25, 0.3) is 0 Å². The first-order valence-corrected chi connectivity index (χ1v) is 5.19. The van der Waals surface area contributed by atoms with Crippen LogP contribution in [0.1, 0.15) is 6.92 Å². The molecule has 0 aromatic rings. The summed E-state index contributed by atoms with van der Waals surface area (Å²) in [6.07, 6.45) is 6.08.